The van der Waals surface area contributed by atoms with Crippen LogP contribution in [0.15, 0.2) is 53.1 Å². The van der Waals surface area contributed by atoms with E-state index in [0.717, 1.165) is 6.42 Å². The minimum atomic E-state index is -0.481. The molecule has 0 radical (unpaired) electrons. The van der Waals surface area contributed by atoms with Crippen LogP contribution in [0.5, 0.6) is 11.5 Å². The van der Waals surface area contributed by atoms with Gasteiger partial charge in [0, 0.05) is 29.7 Å². The SMILES string of the molecule is Cn1cc(C(=O)NNC(=O)c2ccccc2Br)c(-c2ccc3c(c2)OCCCO3)n1. The monoisotopic (exact) mass is 470 g/mol. The molecule has 154 valence electrons. The second-order valence-corrected chi connectivity index (χ2v) is 7.52. The lowest BCUT2D eigenvalue weighted by Crippen LogP contribution is -2.41. The van der Waals surface area contributed by atoms with Crippen LogP contribution in [0.3, 0.4) is 0 Å². The van der Waals surface area contributed by atoms with Gasteiger partial charge in [0.15, 0.2) is 11.5 Å². The number of carbonyl (C=O) groups is 2. The van der Waals surface area contributed by atoms with Crippen molar-refractivity contribution in [1.82, 2.24) is 20.6 Å². The molecule has 0 unspecified atom stereocenters. The molecule has 2 N–H and O–H groups in total. The normalized spacial score (nSPS) is 12.7. The lowest BCUT2D eigenvalue weighted by atomic mass is 10.1. The van der Waals surface area contributed by atoms with E-state index in [4.69, 9.17) is 9.47 Å². The van der Waals surface area contributed by atoms with Gasteiger partial charge in [-0.25, -0.2) is 0 Å². The minimum Gasteiger partial charge on any atom is -0.490 e. The molecule has 0 fully saturated rings. The Balaban J connectivity index is 1.55. The number of amides is 2. The number of hydrazine groups is 1. The summed E-state index contributed by atoms with van der Waals surface area (Å²) < 4.78 is 13.6. The van der Waals surface area contributed by atoms with Crippen LogP contribution in [0.2, 0.25) is 0 Å². The molecule has 2 amide bonds. The number of halogens is 1. The third-order valence-electron chi connectivity index (χ3n) is 4.50. The van der Waals surface area contributed by atoms with E-state index in [1.54, 1.807) is 54.3 Å². The summed E-state index contributed by atoms with van der Waals surface area (Å²) in [7, 11) is 1.73. The molecule has 0 saturated heterocycles. The Labute approximate surface area is 181 Å². The minimum absolute atomic E-state index is 0.319. The molecule has 2 heterocycles. The first-order valence-corrected chi connectivity index (χ1v) is 10.1. The highest BCUT2D eigenvalue weighted by Gasteiger charge is 2.20. The smallest absolute Gasteiger partial charge is 0.273 e. The number of fused-ring (bicyclic) bond motifs is 1. The first kappa shape index (κ1) is 20.0. The van der Waals surface area contributed by atoms with Crippen molar-refractivity contribution in [2.24, 2.45) is 7.05 Å². The Morgan fingerprint density at radius 2 is 1.70 bits per heavy atom. The van der Waals surface area contributed by atoms with Gasteiger partial charge in [-0.3, -0.25) is 25.1 Å². The van der Waals surface area contributed by atoms with Crippen molar-refractivity contribution in [1.29, 1.82) is 0 Å². The molecule has 0 bridgehead atoms. The zero-order valence-electron chi connectivity index (χ0n) is 16.1. The van der Waals surface area contributed by atoms with Crippen molar-refractivity contribution in [2.45, 2.75) is 6.42 Å². The van der Waals surface area contributed by atoms with Gasteiger partial charge in [0.1, 0.15) is 5.69 Å². The number of nitrogens with zero attached hydrogens (tertiary/aromatic N) is 2. The highest BCUT2D eigenvalue weighted by molar-refractivity contribution is 9.10. The van der Waals surface area contributed by atoms with E-state index in [0.29, 0.717) is 51.6 Å². The number of nitrogens with one attached hydrogen (secondary N) is 2. The molecule has 4 rings (SSSR count). The molecular weight excluding hydrogens is 452 g/mol. The molecule has 1 aromatic heterocycles. The van der Waals surface area contributed by atoms with E-state index >= 15 is 0 Å². The van der Waals surface area contributed by atoms with Crippen molar-refractivity contribution in [3.8, 4) is 22.8 Å². The molecular formula is C21H19BrN4O4. The summed E-state index contributed by atoms with van der Waals surface area (Å²) in [6, 6.07) is 12.4. The van der Waals surface area contributed by atoms with Gasteiger partial charge in [0.25, 0.3) is 11.8 Å². The molecule has 3 aromatic rings. The van der Waals surface area contributed by atoms with E-state index in [1.165, 1.54) is 0 Å². The number of hydrogen-bond donors (Lipinski definition) is 2. The van der Waals surface area contributed by atoms with Gasteiger partial charge in [-0.05, 0) is 46.3 Å². The molecule has 0 atom stereocenters. The van der Waals surface area contributed by atoms with Crippen LogP contribution in [0.4, 0.5) is 0 Å². The Hall–Kier alpha value is -3.33. The van der Waals surface area contributed by atoms with Crippen LogP contribution >= 0.6 is 15.9 Å². The predicted octanol–water partition coefficient (Wildman–Crippen LogP) is 3.09. The van der Waals surface area contributed by atoms with E-state index in [2.05, 4.69) is 31.9 Å². The third kappa shape index (κ3) is 4.16. The maximum Gasteiger partial charge on any atom is 0.273 e. The largest absolute Gasteiger partial charge is 0.490 e. The van der Waals surface area contributed by atoms with Gasteiger partial charge in [0.2, 0.25) is 0 Å². The molecule has 0 spiro atoms. The third-order valence-corrected chi connectivity index (χ3v) is 5.19. The van der Waals surface area contributed by atoms with Crippen LogP contribution < -0.4 is 20.3 Å². The lowest BCUT2D eigenvalue weighted by Gasteiger charge is -2.10. The Bertz CT molecular complexity index is 1110. The summed E-state index contributed by atoms with van der Waals surface area (Å²) in [5, 5.41) is 4.41. The van der Waals surface area contributed by atoms with Crippen LogP contribution in [0.1, 0.15) is 27.1 Å². The quantitative estimate of drug-likeness (QED) is 0.573. The average Bonchev–Trinajstić information content (AvgIpc) is 2.99. The van der Waals surface area contributed by atoms with Crippen molar-refractivity contribution >= 4 is 27.7 Å². The Morgan fingerprint density at radius 3 is 2.47 bits per heavy atom. The van der Waals surface area contributed by atoms with E-state index in [-0.39, 0.29) is 0 Å². The molecule has 1 aliphatic rings. The van der Waals surface area contributed by atoms with Gasteiger partial charge in [0.05, 0.1) is 24.3 Å². The van der Waals surface area contributed by atoms with Crippen molar-refractivity contribution in [2.75, 3.05) is 13.2 Å². The maximum absolute atomic E-state index is 12.8. The molecule has 8 nitrogen and oxygen atoms in total. The first-order chi connectivity index (χ1) is 14.5. The first-order valence-electron chi connectivity index (χ1n) is 9.32. The van der Waals surface area contributed by atoms with Crippen LogP contribution in [0.25, 0.3) is 11.3 Å². The molecule has 30 heavy (non-hydrogen) atoms. The summed E-state index contributed by atoms with van der Waals surface area (Å²) in [5.74, 6) is 0.366. The topological polar surface area (TPSA) is 94.5 Å². The molecule has 9 heteroatoms. The van der Waals surface area contributed by atoms with Crippen LogP contribution in [-0.4, -0.2) is 34.8 Å². The Kier molecular flexibility index (Phi) is 5.71. The number of rotatable bonds is 3. The van der Waals surface area contributed by atoms with Crippen LogP contribution in [-0.2, 0) is 7.05 Å². The summed E-state index contributed by atoms with van der Waals surface area (Å²) >= 11 is 3.32. The predicted molar refractivity (Wildman–Crippen MR) is 113 cm³/mol. The fourth-order valence-electron chi connectivity index (χ4n) is 3.07. The average molecular weight is 471 g/mol. The Morgan fingerprint density at radius 1 is 1.00 bits per heavy atom. The zero-order chi connectivity index (χ0) is 21.1. The molecule has 0 aliphatic carbocycles. The number of carbonyl (C=O) groups excluding carboxylic acids is 2. The van der Waals surface area contributed by atoms with Gasteiger partial charge < -0.3 is 9.47 Å². The van der Waals surface area contributed by atoms with Crippen LogP contribution in [0, 0.1) is 0 Å². The highest BCUT2D eigenvalue weighted by Crippen LogP contribution is 2.34. The van der Waals surface area contributed by atoms with E-state index in [9.17, 15) is 9.59 Å². The number of ether oxygens (including phenoxy) is 2. The van der Waals surface area contributed by atoms with E-state index < -0.39 is 11.8 Å². The fraction of sp³-hybridized carbons (Fsp3) is 0.190. The molecule has 0 saturated carbocycles. The maximum atomic E-state index is 12.8. The molecule has 1 aliphatic heterocycles. The fourth-order valence-corrected chi connectivity index (χ4v) is 3.54. The molecule has 2 aromatic carbocycles. The standard InChI is InChI=1S/C21H19BrN4O4/c1-26-12-15(21(28)24-23-20(27)14-5-2-3-6-16(14)22)19(25-26)13-7-8-17-18(11-13)30-10-4-9-29-17/h2-3,5-8,11-12H,4,9-10H2,1H3,(H,23,27)(H,24,28). The summed E-state index contributed by atoms with van der Waals surface area (Å²) in [4.78, 5) is 25.1. The second-order valence-electron chi connectivity index (χ2n) is 6.67. The zero-order valence-corrected chi connectivity index (χ0v) is 17.7. The number of aromatic nitrogens is 2. The summed E-state index contributed by atoms with van der Waals surface area (Å²) in [5.41, 5.74) is 6.80. The van der Waals surface area contributed by atoms with Gasteiger partial charge >= 0.3 is 0 Å². The van der Waals surface area contributed by atoms with Crippen molar-refractivity contribution in [3.05, 3.63) is 64.3 Å². The second kappa shape index (κ2) is 8.58. The van der Waals surface area contributed by atoms with Crippen molar-refractivity contribution < 1.29 is 19.1 Å². The summed E-state index contributed by atoms with van der Waals surface area (Å²) in [6.45, 7) is 1.16. The lowest BCUT2D eigenvalue weighted by molar-refractivity contribution is 0.0846. The van der Waals surface area contributed by atoms with Gasteiger partial charge in [-0.15, -0.1) is 0 Å². The summed E-state index contributed by atoms with van der Waals surface area (Å²) in [6.07, 6.45) is 2.40. The van der Waals surface area contributed by atoms with Gasteiger partial charge in [-0.1, -0.05) is 12.1 Å². The van der Waals surface area contributed by atoms with Crippen molar-refractivity contribution in [3.63, 3.8) is 0 Å². The van der Waals surface area contributed by atoms with Gasteiger partial charge in [-0.2, -0.15) is 5.10 Å². The number of hydrogen-bond acceptors (Lipinski definition) is 5. The number of aryl methyl sites for hydroxylation is 1. The van der Waals surface area contributed by atoms with E-state index in [1.807, 2.05) is 6.07 Å². The number of benzene rings is 2. The highest BCUT2D eigenvalue weighted by atomic mass is 79.9.